The van der Waals surface area contributed by atoms with Crippen LogP contribution in [0.25, 0.3) is 0 Å². The van der Waals surface area contributed by atoms with E-state index in [1.54, 1.807) is 6.07 Å². The number of ether oxygens (including phenoxy) is 1. The van der Waals surface area contributed by atoms with Crippen LogP contribution in [0.4, 0.5) is 0 Å². The third-order valence-corrected chi connectivity index (χ3v) is 3.28. The zero-order valence-electron chi connectivity index (χ0n) is 7.40. The van der Waals surface area contributed by atoms with Crippen LogP contribution >= 0.6 is 0 Å². The van der Waals surface area contributed by atoms with E-state index in [9.17, 15) is 4.79 Å². The molecule has 0 spiro atoms. The van der Waals surface area contributed by atoms with Crippen molar-refractivity contribution < 1.29 is 14.6 Å². The van der Waals surface area contributed by atoms with Crippen LogP contribution in [0, 0.1) is 0 Å². The van der Waals surface area contributed by atoms with Crippen LogP contribution in [0.3, 0.4) is 0 Å². The molecule has 0 saturated carbocycles. The topological polar surface area (TPSA) is 46.5 Å². The number of carboxylic acids is 1. The van der Waals surface area contributed by atoms with E-state index in [0.717, 1.165) is 4.46 Å². The molecule has 1 N–H and O–H groups in total. The third kappa shape index (κ3) is 2.02. The van der Waals surface area contributed by atoms with Gasteiger partial charge in [0.05, 0.1) is 0 Å². The second kappa shape index (κ2) is 4.30. The second-order valence-corrected chi connectivity index (χ2v) is 4.12. The van der Waals surface area contributed by atoms with Crippen molar-refractivity contribution in [3.63, 3.8) is 0 Å². The molecule has 70 valence electrons. The van der Waals surface area contributed by atoms with Gasteiger partial charge in [0.25, 0.3) is 0 Å². The summed E-state index contributed by atoms with van der Waals surface area (Å²) in [5, 5.41) is 8.94. The Morgan fingerprint density at radius 3 is 2.69 bits per heavy atom. The monoisotopic (exact) mass is 246 g/mol. The standard InChI is InChI=1S/C9H10O3Se/c1-12-6-4-3-5-7(13-2)8(6)9(10)11/h3-5H,1-2H3,(H,10,11). The van der Waals surface area contributed by atoms with Crippen LogP contribution in [-0.4, -0.2) is 33.1 Å². The molecular weight excluding hydrogens is 235 g/mol. The zero-order valence-corrected chi connectivity index (χ0v) is 9.12. The van der Waals surface area contributed by atoms with Crippen molar-refractivity contribution in [1.29, 1.82) is 0 Å². The molecule has 0 heterocycles. The molecule has 0 saturated heterocycles. The molecule has 4 heteroatoms. The van der Waals surface area contributed by atoms with Gasteiger partial charge in [-0.25, -0.2) is 0 Å². The molecule has 1 aromatic carbocycles. The van der Waals surface area contributed by atoms with E-state index in [4.69, 9.17) is 9.84 Å². The van der Waals surface area contributed by atoms with Crippen LogP contribution in [0.15, 0.2) is 18.2 Å². The van der Waals surface area contributed by atoms with Gasteiger partial charge in [-0.1, -0.05) is 0 Å². The van der Waals surface area contributed by atoms with Gasteiger partial charge in [-0.2, -0.15) is 0 Å². The Kier molecular flexibility index (Phi) is 3.34. The van der Waals surface area contributed by atoms with Crippen molar-refractivity contribution >= 4 is 25.4 Å². The Labute approximate surface area is 82.9 Å². The van der Waals surface area contributed by atoms with Gasteiger partial charge >= 0.3 is 82.5 Å². The van der Waals surface area contributed by atoms with Gasteiger partial charge in [-0.15, -0.1) is 0 Å². The molecule has 0 aliphatic carbocycles. The van der Waals surface area contributed by atoms with Crippen molar-refractivity contribution in [3.8, 4) is 5.75 Å². The molecule has 0 bridgehead atoms. The number of methoxy groups -OCH3 is 1. The minimum absolute atomic E-state index is 0.169. The molecule has 0 aromatic heterocycles. The predicted octanol–water partition coefficient (Wildman–Crippen LogP) is 0.771. The van der Waals surface area contributed by atoms with Crippen molar-refractivity contribution in [2.45, 2.75) is 5.82 Å². The first kappa shape index (κ1) is 10.1. The molecule has 1 rings (SSSR count). The number of carboxylic acid groups (broad SMARTS) is 1. The summed E-state index contributed by atoms with van der Waals surface area (Å²) in [7, 11) is 1.48. The average Bonchev–Trinajstić information content (AvgIpc) is 2.16. The summed E-state index contributed by atoms with van der Waals surface area (Å²) in [6.45, 7) is 0. The van der Waals surface area contributed by atoms with E-state index >= 15 is 0 Å². The molecular formula is C9H10O3Se. The van der Waals surface area contributed by atoms with Crippen LogP contribution in [0.1, 0.15) is 10.4 Å². The van der Waals surface area contributed by atoms with Gasteiger partial charge in [0.15, 0.2) is 0 Å². The molecule has 0 unspecified atom stereocenters. The summed E-state index contributed by atoms with van der Waals surface area (Å²) in [4.78, 5) is 10.9. The molecule has 13 heavy (non-hydrogen) atoms. The van der Waals surface area contributed by atoms with Crippen molar-refractivity contribution in [3.05, 3.63) is 23.8 Å². The fourth-order valence-corrected chi connectivity index (χ4v) is 2.33. The maximum atomic E-state index is 10.9. The molecule has 0 radical (unpaired) electrons. The number of hydrogen-bond acceptors (Lipinski definition) is 2. The fourth-order valence-electron chi connectivity index (χ4n) is 1.06. The van der Waals surface area contributed by atoms with E-state index in [-0.39, 0.29) is 15.0 Å². The number of carbonyl (C=O) groups is 1. The number of hydrogen-bond donors (Lipinski definition) is 1. The molecule has 3 nitrogen and oxygen atoms in total. The van der Waals surface area contributed by atoms with Crippen LogP contribution in [0.2, 0.25) is 5.82 Å². The number of benzene rings is 1. The van der Waals surface area contributed by atoms with E-state index in [1.807, 2.05) is 18.0 Å². The van der Waals surface area contributed by atoms with Crippen LogP contribution in [-0.2, 0) is 0 Å². The Balaban J connectivity index is 3.29. The van der Waals surface area contributed by atoms with Gasteiger partial charge in [0.2, 0.25) is 0 Å². The summed E-state index contributed by atoms with van der Waals surface area (Å²) in [5.74, 6) is 1.50. The summed E-state index contributed by atoms with van der Waals surface area (Å²) in [6.07, 6.45) is 0. The average molecular weight is 245 g/mol. The number of aromatic carboxylic acids is 1. The molecule has 1 aromatic rings. The first-order valence-corrected chi connectivity index (χ1v) is 6.22. The van der Waals surface area contributed by atoms with Gasteiger partial charge in [0.1, 0.15) is 0 Å². The first-order chi connectivity index (χ1) is 6.20. The molecule has 0 fully saturated rings. The van der Waals surface area contributed by atoms with Crippen LogP contribution < -0.4 is 9.20 Å². The van der Waals surface area contributed by atoms with Crippen molar-refractivity contribution in [2.75, 3.05) is 7.11 Å². The van der Waals surface area contributed by atoms with Crippen LogP contribution in [0.5, 0.6) is 5.75 Å². The summed E-state index contributed by atoms with van der Waals surface area (Å²) < 4.78 is 5.84. The summed E-state index contributed by atoms with van der Waals surface area (Å²) >= 11 is 0.169. The summed E-state index contributed by atoms with van der Waals surface area (Å²) in [5.41, 5.74) is 0.299. The van der Waals surface area contributed by atoms with E-state index < -0.39 is 5.97 Å². The fraction of sp³-hybridized carbons (Fsp3) is 0.222. The first-order valence-electron chi connectivity index (χ1n) is 3.65. The van der Waals surface area contributed by atoms with Gasteiger partial charge < -0.3 is 0 Å². The SMILES string of the molecule is COc1cccc([Se]C)c1C(=O)O. The van der Waals surface area contributed by atoms with E-state index in [2.05, 4.69) is 0 Å². The quantitative estimate of drug-likeness (QED) is 0.800. The van der Waals surface area contributed by atoms with E-state index in [0.29, 0.717) is 11.3 Å². The maximum absolute atomic E-state index is 10.9. The van der Waals surface area contributed by atoms with Gasteiger partial charge in [-0.05, 0) is 0 Å². The normalized spacial score (nSPS) is 9.69. The molecule has 0 aliphatic heterocycles. The zero-order chi connectivity index (χ0) is 9.84. The minimum atomic E-state index is -0.920. The Hall–Kier alpha value is -0.991. The Morgan fingerprint density at radius 2 is 2.23 bits per heavy atom. The van der Waals surface area contributed by atoms with Gasteiger partial charge in [0, 0.05) is 0 Å². The third-order valence-electron chi connectivity index (χ3n) is 1.64. The summed E-state index contributed by atoms with van der Waals surface area (Å²) in [6, 6.07) is 5.30. The molecule has 0 amide bonds. The second-order valence-electron chi connectivity index (χ2n) is 2.34. The molecule has 0 aliphatic rings. The van der Waals surface area contributed by atoms with Crippen molar-refractivity contribution in [1.82, 2.24) is 0 Å². The predicted molar refractivity (Wildman–Crippen MR) is 51.2 cm³/mol. The van der Waals surface area contributed by atoms with E-state index in [1.165, 1.54) is 7.11 Å². The molecule has 0 atom stereocenters. The van der Waals surface area contributed by atoms with Crippen molar-refractivity contribution in [2.24, 2.45) is 0 Å². The Bertz CT molecular complexity index is 300. The number of rotatable bonds is 3. The Morgan fingerprint density at radius 1 is 1.54 bits per heavy atom. The van der Waals surface area contributed by atoms with Gasteiger partial charge in [-0.3, -0.25) is 0 Å².